The summed E-state index contributed by atoms with van der Waals surface area (Å²) in [5.41, 5.74) is 0. The van der Waals surface area contributed by atoms with Gasteiger partial charge in [-0.15, -0.1) is 0 Å². The minimum absolute atomic E-state index is 0.121. The minimum Gasteiger partial charge on any atom is -0.548 e. The number of nitrogens with zero attached hydrogens (tertiary/aromatic N) is 1. The molecule has 0 unspecified atom stereocenters. The molecule has 1 aliphatic rings. The van der Waals surface area contributed by atoms with Gasteiger partial charge in [0.25, 0.3) is 0 Å². The maximum absolute atomic E-state index is 12.3. The van der Waals surface area contributed by atoms with E-state index < -0.39 is 22.0 Å². The number of carboxylic acids is 1. The van der Waals surface area contributed by atoms with Gasteiger partial charge in [-0.1, -0.05) is 0 Å². The van der Waals surface area contributed by atoms with Crippen LogP contribution >= 0.6 is 22.6 Å². The Kier molecular flexibility index (Phi) is 3.93. The van der Waals surface area contributed by atoms with E-state index in [1.807, 2.05) is 0 Å². The highest BCUT2D eigenvalue weighted by molar-refractivity contribution is 14.1. The smallest absolute Gasteiger partial charge is 0.243 e. The molecule has 1 heterocycles. The van der Waals surface area contributed by atoms with E-state index in [9.17, 15) is 18.3 Å². The third-order valence-corrected chi connectivity index (χ3v) is 5.54. The summed E-state index contributed by atoms with van der Waals surface area (Å²) in [5.74, 6) is -1.33. The fraction of sp³-hybridized carbons (Fsp3) is 0.364. The Bertz CT molecular complexity index is 555. The van der Waals surface area contributed by atoms with Gasteiger partial charge in [-0.25, -0.2) is 8.42 Å². The third kappa shape index (κ3) is 2.52. The number of benzene rings is 1. The first-order valence-corrected chi connectivity index (χ1v) is 7.93. The molecule has 0 radical (unpaired) electrons. The largest absolute Gasteiger partial charge is 0.548 e. The molecule has 1 aromatic carbocycles. The molecule has 0 saturated carbocycles. The van der Waals surface area contributed by atoms with Gasteiger partial charge < -0.3 is 9.90 Å². The van der Waals surface area contributed by atoms with Crippen molar-refractivity contribution >= 4 is 38.6 Å². The second kappa shape index (κ2) is 5.14. The first-order chi connectivity index (χ1) is 8.43. The molecule has 0 amide bonds. The highest BCUT2D eigenvalue weighted by atomic mass is 127. The summed E-state index contributed by atoms with van der Waals surface area (Å²) in [6.07, 6.45) is 0.855. The monoisotopic (exact) mass is 380 g/mol. The van der Waals surface area contributed by atoms with E-state index in [-0.39, 0.29) is 11.4 Å². The lowest BCUT2D eigenvalue weighted by Gasteiger charge is -2.24. The maximum Gasteiger partial charge on any atom is 0.243 e. The fourth-order valence-electron chi connectivity index (χ4n) is 2.01. The van der Waals surface area contributed by atoms with Crippen LogP contribution in [0.3, 0.4) is 0 Å². The van der Waals surface area contributed by atoms with Gasteiger partial charge in [-0.05, 0) is 59.7 Å². The Balaban J connectivity index is 2.36. The molecule has 1 aliphatic heterocycles. The first kappa shape index (κ1) is 13.8. The average molecular weight is 380 g/mol. The predicted octanol–water partition coefficient (Wildman–Crippen LogP) is 0.194. The van der Waals surface area contributed by atoms with E-state index in [0.29, 0.717) is 12.8 Å². The van der Waals surface area contributed by atoms with Crippen molar-refractivity contribution in [3.8, 4) is 0 Å². The molecule has 1 aromatic rings. The maximum atomic E-state index is 12.3. The highest BCUT2D eigenvalue weighted by Crippen LogP contribution is 2.26. The van der Waals surface area contributed by atoms with Gasteiger partial charge in [0, 0.05) is 10.1 Å². The van der Waals surface area contributed by atoms with E-state index >= 15 is 0 Å². The summed E-state index contributed by atoms with van der Waals surface area (Å²) in [7, 11) is -3.74. The molecule has 18 heavy (non-hydrogen) atoms. The van der Waals surface area contributed by atoms with Gasteiger partial charge >= 0.3 is 0 Å². The molecule has 5 nitrogen and oxygen atoms in total. The number of aliphatic carboxylic acids is 1. The summed E-state index contributed by atoms with van der Waals surface area (Å²) in [6, 6.07) is 5.28. The van der Waals surface area contributed by atoms with Crippen molar-refractivity contribution in [2.45, 2.75) is 23.8 Å². The zero-order valence-corrected chi connectivity index (χ0v) is 12.3. The van der Waals surface area contributed by atoms with Gasteiger partial charge in [0.1, 0.15) is 0 Å². The quantitative estimate of drug-likeness (QED) is 0.702. The van der Waals surface area contributed by atoms with Crippen molar-refractivity contribution in [1.29, 1.82) is 0 Å². The van der Waals surface area contributed by atoms with Crippen LogP contribution in [0.25, 0.3) is 0 Å². The number of carbonyl (C=O) groups excluding carboxylic acids is 1. The third-order valence-electron chi connectivity index (χ3n) is 2.90. The number of carboxylic acid groups (broad SMARTS) is 1. The summed E-state index contributed by atoms with van der Waals surface area (Å²) < 4.78 is 26.5. The lowest BCUT2D eigenvalue weighted by Crippen LogP contribution is -2.46. The van der Waals surface area contributed by atoms with Crippen LogP contribution in [0.5, 0.6) is 0 Å². The molecule has 2 rings (SSSR count). The Morgan fingerprint density at radius 3 is 2.50 bits per heavy atom. The van der Waals surface area contributed by atoms with Crippen LogP contribution in [0.1, 0.15) is 12.8 Å². The molecule has 0 aliphatic carbocycles. The zero-order valence-electron chi connectivity index (χ0n) is 9.37. The van der Waals surface area contributed by atoms with Crippen molar-refractivity contribution in [3.05, 3.63) is 27.8 Å². The lowest BCUT2D eigenvalue weighted by molar-refractivity contribution is -0.309. The average Bonchev–Trinajstić information content (AvgIpc) is 2.79. The lowest BCUT2D eigenvalue weighted by atomic mass is 10.2. The van der Waals surface area contributed by atoms with Crippen molar-refractivity contribution in [3.63, 3.8) is 0 Å². The standard InChI is InChI=1S/C11H12INO4S/c12-8-3-5-9(6-4-8)18(16,17)13-7-1-2-10(13)11(14)15/h3-6,10H,1-2,7H2,(H,14,15)/p-1/t10-/m1/s1. The molecule has 0 aromatic heterocycles. The fourth-order valence-corrected chi connectivity index (χ4v) is 4.01. The van der Waals surface area contributed by atoms with Crippen LogP contribution in [-0.2, 0) is 14.8 Å². The van der Waals surface area contributed by atoms with Crippen LogP contribution in [0.15, 0.2) is 29.2 Å². The van der Waals surface area contributed by atoms with Crippen molar-refractivity contribution in [2.24, 2.45) is 0 Å². The van der Waals surface area contributed by atoms with Crippen LogP contribution in [0.4, 0.5) is 0 Å². The highest BCUT2D eigenvalue weighted by Gasteiger charge is 2.35. The van der Waals surface area contributed by atoms with Gasteiger partial charge in [0.05, 0.1) is 16.9 Å². The van der Waals surface area contributed by atoms with Crippen molar-refractivity contribution < 1.29 is 18.3 Å². The van der Waals surface area contributed by atoms with Crippen LogP contribution in [0, 0.1) is 3.57 Å². The van der Waals surface area contributed by atoms with Crippen LogP contribution in [-0.4, -0.2) is 31.3 Å². The van der Waals surface area contributed by atoms with E-state index in [1.54, 1.807) is 12.1 Å². The van der Waals surface area contributed by atoms with Crippen LogP contribution < -0.4 is 5.11 Å². The molecule has 1 fully saturated rings. The van der Waals surface area contributed by atoms with E-state index in [1.165, 1.54) is 12.1 Å². The molecule has 98 valence electrons. The summed E-state index contributed by atoms with van der Waals surface area (Å²) >= 11 is 2.08. The second-order valence-electron chi connectivity index (χ2n) is 4.05. The van der Waals surface area contributed by atoms with E-state index in [2.05, 4.69) is 22.6 Å². The first-order valence-electron chi connectivity index (χ1n) is 5.41. The summed E-state index contributed by atoms with van der Waals surface area (Å²) in [4.78, 5) is 11.0. The van der Waals surface area contributed by atoms with Crippen molar-refractivity contribution in [2.75, 3.05) is 6.54 Å². The molecule has 7 heteroatoms. The molecule has 1 saturated heterocycles. The van der Waals surface area contributed by atoms with E-state index in [0.717, 1.165) is 7.88 Å². The minimum atomic E-state index is -3.74. The summed E-state index contributed by atoms with van der Waals surface area (Å²) in [5, 5.41) is 10.9. The van der Waals surface area contributed by atoms with Crippen LogP contribution in [0.2, 0.25) is 0 Å². The Morgan fingerprint density at radius 2 is 1.94 bits per heavy atom. The number of sulfonamides is 1. The second-order valence-corrected chi connectivity index (χ2v) is 7.18. The van der Waals surface area contributed by atoms with Crippen molar-refractivity contribution in [1.82, 2.24) is 4.31 Å². The molecule has 0 spiro atoms. The zero-order chi connectivity index (χ0) is 13.3. The molecular weight excluding hydrogens is 369 g/mol. The van der Waals surface area contributed by atoms with Gasteiger partial charge in [0.15, 0.2) is 0 Å². The predicted molar refractivity (Wildman–Crippen MR) is 71.1 cm³/mol. The number of hydrogen-bond acceptors (Lipinski definition) is 4. The molecule has 0 N–H and O–H groups in total. The molecule has 1 atom stereocenters. The Morgan fingerprint density at radius 1 is 1.33 bits per heavy atom. The van der Waals surface area contributed by atoms with E-state index in [4.69, 9.17) is 0 Å². The number of rotatable bonds is 3. The molecule has 0 bridgehead atoms. The number of halogens is 1. The van der Waals surface area contributed by atoms with Gasteiger partial charge in [-0.2, -0.15) is 4.31 Å². The normalized spacial score (nSPS) is 21.1. The summed E-state index contributed by atoms with van der Waals surface area (Å²) in [6.45, 7) is 0.229. The number of carbonyl (C=O) groups is 1. The van der Waals surface area contributed by atoms with Gasteiger partial charge in [0.2, 0.25) is 10.0 Å². The Labute approximate surface area is 119 Å². The topological polar surface area (TPSA) is 77.5 Å². The SMILES string of the molecule is O=C([O-])[C@H]1CCCN1S(=O)(=O)c1ccc(I)cc1. The Hall–Kier alpha value is -0.670. The molecular formula is C11H11INO4S-. The van der Waals surface area contributed by atoms with Gasteiger partial charge in [-0.3, -0.25) is 0 Å². The number of hydrogen-bond donors (Lipinski definition) is 0.